The van der Waals surface area contributed by atoms with Crippen LogP contribution in [0.5, 0.6) is 5.75 Å². The summed E-state index contributed by atoms with van der Waals surface area (Å²) in [5, 5.41) is 18.5. The number of unbranched alkanes of at least 4 members (excludes halogenated alkanes) is 2. The number of aliphatic hydroxyl groups is 1. The third kappa shape index (κ3) is 5.60. The predicted molar refractivity (Wildman–Crippen MR) is 136 cm³/mol. The second-order valence-electron chi connectivity index (χ2n) is 10.1. The minimum Gasteiger partial charge on any atom is -0.491 e. The smallest absolute Gasteiger partial charge is 0.327 e. The third-order valence-electron chi connectivity index (χ3n) is 6.95. The molecule has 0 aliphatic carbocycles. The van der Waals surface area contributed by atoms with Crippen molar-refractivity contribution in [1.29, 1.82) is 0 Å². The van der Waals surface area contributed by atoms with Crippen LogP contribution < -0.4 is 15.4 Å². The number of carbonyl (C=O) groups excluding carboxylic acids is 2. The molecule has 0 radical (unpaired) electrons. The summed E-state index contributed by atoms with van der Waals surface area (Å²) in [5.41, 5.74) is 0. The molecule has 35 heavy (non-hydrogen) atoms. The molecule has 0 bridgehead atoms. The summed E-state index contributed by atoms with van der Waals surface area (Å²) in [6.45, 7) is 5.29. The number of hydrogen-bond acceptors (Lipinski definition) is 6. The number of likely N-dealkylation sites (N-methyl/N-ethyl adjacent to an activating group) is 1. The van der Waals surface area contributed by atoms with Crippen molar-refractivity contribution >= 4 is 22.7 Å². The zero-order chi connectivity index (χ0) is 24.9. The van der Waals surface area contributed by atoms with Gasteiger partial charge in [-0.05, 0) is 30.2 Å². The van der Waals surface area contributed by atoms with Crippen LogP contribution in [0.25, 0.3) is 10.8 Å². The first kappa shape index (κ1) is 25.4. The second-order valence-corrected chi connectivity index (χ2v) is 10.1. The van der Waals surface area contributed by atoms with E-state index in [0.717, 1.165) is 42.2 Å². The zero-order valence-corrected chi connectivity index (χ0v) is 20.9. The van der Waals surface area contributed by atoms with E-state index in [0.29, 0.717) is 13.2 Å². The standard InChI is InChI=1S/C27H38N4O4/c1-18(2)16-31-25-24(26(33)30(3)27(31)34)28-21(13-5-4-8-15-32)22(29-25)17-35-23-14-9-11-19-10-6-7-12-20(19)23/h6-7,9-12,14,18,21-22,24-25,28-29,32H,4-5,8,13,15-17H2,1-3H3. The maximum atomic E-state index is 13.1. The molecular formula is C27H38N4O4. The van der Waals surface area contributed by atoms with E-state index in [9.17, 15) is 9.59 Å². The number of aliphatic hydroxyl groups excluding tert-OH is 1. The molecule has 2 aliphatic heterocycles. The minimum atomic E-state index is -0.506. The second kappa shape index (κ2) is 11.4. The topological polar surface area (TPSA) is 94.1 Å². The number of carbonyl (C=O) groups is 2. The van der Waals surface area contributed by atoms with Gasteiger partial charge in [-0.25, -0.2) is 4.79 Å². The number of amides is 3. The molecule has 0 saturated carbocycles. The van der Waals surface area contributed by atoms with E-state index in [1.165, 1.54) is 4.90 Å². The van der Waals surface area contributed by atoms with Gasteiger partial charge in [0.25, 0.3) is 5.91 Å². The quantitative estimate of drug-likeness (QED) is 0.451. The zero-order valence-electron chi connectivity index (χ0n) is 20.9. The number of imide groups is 1. The highest BCUT2D eigenvalue weighted by Gasteiger charge is 2.50. The maximum absolute atomic E-state index is 13.1. The summed E-state index contributed by atoms with van der Waals surface area (Å²) < 4.78 is 6.35. The molecule has 0 spiro atoms. The van der Waals surface area contributed by atoms with Crippen LogP contribution in [-0.2, 0) is 4.79 Å². The highest BCUT2D eigenvalue weighted by molar-refractivity contribution is 6.00. The fourth-order valence-electron chi connectivity index (χ4n) is 5.15. The normalized spacial score (nSPS) is 24.8. The van der Waals surface area contributed by atoms with Gasteiger partial charge in [-0.1, -0.05) is 63.1 Å². The van der Waals surface area contributed by atoms with Crippen LogP contribution in [0.2, 0.25) is 0 Å². The van der Waals surface area contributed by atoms with E-state index >= 15 is 0 Å². The molecule has 0 aromatic heterocycles. The molecule has 8 nitrogen and oxygen atoms in total. The van der Waals surface area contributed by atoms with Crippen molar-refractivity contribution in [1.82, 2.24) is 20.4 Å². The molecule has 2 aromatic carbocycles. The SMILES string of the molecule is CC(C)CN1C(=O)N(C)C(=O)C2NC(CCCCCO)C(COc3cccc4ccccc34)NC21. The molecule has 2 aromatic rings. The third-order valence-corrected chi connectivity index (χ3v) is 6.95. The highest BCUT2D eigenvalue weighted by Crippen LogP contribution is 2.27. The number of hydrogen-bond donors (Lipinski definition) is 3. The van der Waals surface area contributed by atoms with Gasteiger partial charge in [0.15, 0.2) is 0 Å². The Morgan fingerprint density at radius 3 is 2.54 bits per heavy atom. The average molecular weight is 483 g/mol. The van der Waals surface area contributed by atoms with Crippen molar-refractivity contribution in [3.05, 3.63) is 42.5 Å². The van der Waals surface area contributed by atoms with Crippen LogP contribution >= 0.6 is 0 Å². The average Bonchev–Trinajstić information content (AvgIpc) is 2.86. The summed E-state index contributed by atoms with van der Waals surface area (Å²) in [4.78, 5) is 29.1. The van der Waals surface area contributed by atoms with Crippen LogP contribution in [0.15, 0.2) is 42.5 Å². The number of ether oxygens (including phenoxy) is 1. The van der Waals surface area contributed by atoms with Crippen LogP contribution in [-0.4, -0.2) is 77.9 Å². The van der Waals surface area contributed by atoms with Crippen molar-refractivity contribution in [3.8, 4) is 5.75 Å². The molecule has 8 heteroatoms. The van der Waals surface area contributed by atoms with Gasteiger partial charge in [0.05, 0.1) is 6.04 Å². The van der Waals surface area contributed by atoms with E-state index in [1.54, 1.807) is 11.9 Å². The molecule has 2 heterocycles. The Labute approximate surface area is 207 Å². The Morgan fingerprint density at radius 2 is 1.77 bits per heavy atom. The van der Waals surface area contributed by atoms with Crippen LogP contribution in [0.1, 0.15) is 39.5 Å². The van der Waals surface area contributed by atoms with Gasteiger partial charge in [-0.3, -0.25) is 20.3 Å². The predicted octanol–water partition coefficient (Wildman–Crippen LogP) is 2.95. The Bertz CT molecular complexity index is 1020. The van der Waals surface area contributed by atoms with Crippen LogP contribution in [0.4, 0.5) is 4.79 Å². The number of piperazine rings is 1. The number of urea groups is 1. The van der Waals surface area contributed by atoms with Crippen molar-refractivity contribution in [2.75, 3.05) is 26.8 Å². The van der Waals surface area contributed by atoms with Crippen molar-refractivity contribution < 1.29 is 19.4 Å². The Morgan fingerprint density at radius 1 is 1.00 bits per heavy atom. The number of rotatable bonds is 10. The molecule has 4 rings (SSSR count). The molecule has 2 aliphatic rings. The molecule has 4 atom stereocenters. The lowest BCUT2D eigenvalue weighted by Gasteiger charge is -2.51. The molecule has 4 unspecified atom stereocenters. The van der Waals surface area contributed by atoms with Gasteiger partial charge in [-0.15, -0.1) is 0 Å². The van der Waals surface area contributed by atoms with E-state index in [1.807, 2.05) is 24.3 Å². The van der Waals surface area contributed by atoms with Crippen molar-refractivity contribution in [2.24, 2.45) is 5.92 Å². The molecule has 2 saturated heterocycles. The first-order valence-electron chi connectivity index (χ1n) is 12.7. The van der Waals surface area contributed by atoms with E-state index < -0.39 is 12.2 Å². The van der Waals surface area contributed by atoms with E-state index in [4.69, 9.17) is 9.84 Å². The molecule has 3 amide bonds. The van der Waals surface area contributed by atoms with Gasteiger partial charge in [0, 0.05) is 31.6 Å². The number of benzene rings is 2. The largest absolute Gasteiger partial charge is 0.491 e. The Balaban J connectivity index is 1.55. The summed E-state index contributed by atoms with van der Waals surface area (Å²) in [7, 11) is 1.56. The summed E-state index contributed by atoms with van der Waals surface area (Å²) in [6, 6.07) is 13.3. The van der Waals surface area contributed by atoms with Gasteiger partial charge in [-0.2, -0.15) is 0 Å². The van der Waals surface area contributed by atoms with Crippen molar-refractivity contribution in [2.45, 2.75) is 63.8 Å². The van der Waals surface area contributed by atoms with Gasteiger partial charge >= 0.3 is 6.03 Å². The maximum Gasteiger partial charge on any atom is 0.327 e. The van der Waals surface area contributed by atoms with Crippen LogP contribution in [0.3, 0.4) is 0 Å². The molecule has 190 valence electrons. The highest BCUT2D eigenvalue weighted by atomic mass is 16.5. The first-order chi connectivity index (χ1) is 16.9. The lowest BCUT2D eigenvalue weighted by atomic mass is 9.93. The summed E-state index contributed by atoms with van der Waals surface area (Å²) in [6.07, 6.45) is 3.03. The number of nitrogens with one attached hydrogen (secondary N) is 2. The lowest BCUT2D eigenvalue weighted by Crippen LogP contribution is -2.79. The number of fused-ring (bicyclic) bond motifs is 2. The molecular weight excluding hydrogens is 444 g/mol. The van der Waals surface area contributed by atoms with Crippen LogP contribution in [0, 0.1) is 5.92 Å². The minimum absolute atomic E-state index is 0.00336. The monoisotopic (exact) mass is 482 g/mol. The summed E-state index contributed by atoms with van der Waals surface area (Å²) in [5.74, 6) is 0.881. The lowest BCUT2D eigenvalue weighted by molar-refractivity contribution is -0.138. The van der Waals surface area contributed by atoms with Gasteiger partial charge in [0.2, 0.25) is 0 Å². The van der Waals surface area contributed by atoms with Gasteiger partial charge < -0.3 is 14.7 Å². The Kier molecular flexibility index (Phi) is 8.26. The van der Waals surface area contributed by atoms with E-state index in [-0.39, 0.29) is 36.5 Å². The molecule has 3 N–H and O–H groups in total. The fraction of sp³-hybridized carbons (Fsp3) is 0.556. The Hall–Kier alpha value is -2.68. The first-order valence-corrected chi connectivity index (χ1v) is 12.7. The molecule has 2 fully saturated rings. The summed E-state index contributed by atoms with van der Waals surface area (Å²) >= 11 is 0. The van der Waals surface area contributed by atoms with Gasteiger partial charge in [0.1, 0.15) is 24.6 Å². The number of nitrogens with zero attached hydrogens (tertiary/aromatic N) is 2. The fourth-order valence-corrected chi connectivity index (χ4v) is 5.15. The van der Waals surface area contributed by atoms with Crippen molar-refractivity contribution in [3.63, 3.8) is 0 Å². The van der Waals surface area contributed by atoms with E-state index in [2.05, 4.69) is 42.7 Å².